The molecule has 108 valence electrons. The topological polar surface area (TPSA) is 50.9 Å². The van der Waals surface area contributed by atoms with Crippen LogP contribution >= 0.6 is 38.9 Å². The lowest BCUT2D eigenvalue weighted by Crippen LogP contribution is -2.20. The summed E-state index contributed by atoms with van der Waals surface area (Å²) in [5.41, 5.74) is 7.72. The summed E-state index contributed by atoms with van der Waals surface area (Å²) in [6.07, 6.45) is 1.77. The average Bonchev–Trinajstić information content (AvgIpc) is 2.93. The van der Waals surface area contributed by atoms with Crippen LogP contribution in [-0.4, -0.2) is 11.5 Å². The number of pyridine rings is 1. The number of halogens is 2. The Morgan fingerprint density at radius 1 is 1.33 bits per heavy atom. The molecule has 0 amide bonds. The summed E-state index contributed by atoms with van der Waals surface area (Å²) in [6.45, 7) is 0.496. The van der Waals surface area contributed by atoms with Crippen LogP contribution in [0.2, 0.25) is 5.02 Å². The first kappa shape index (κ1) is 14.8. The van der Waals surface area contributed by atoms with Gasteiger partial charge >= 0.3 is 0 Å². The average molecular weight is 383 g/mol. The molecule has 3 rings (SSSR count). The fourth-order valence-electron chi connectivity index (χ4n) is 2.23. The third-order valence-electron chi connectivity index (χ3n) is 3.24. The smallest absolute Gasteiger partial charge is 0.0948 e. The molecule has 0 saturated heterocycles. The van der Waals surface area contributed by atoms with E-state index in [4.69, 9.17) is 17.3 Å². The van der Waals surface area contributed by atoms with Gasteiger partial charge in [-0.05, 0) is 51.6 Å². The molecule has 2 heterocycles. The third kappa shape index (κ3) is 2.92. The van der Waals surface area contributed by atoms with Gasteiger partial charge in [0.2, 0.25) is 0 Å². The molecule has 3 aromatic rings. The molecule has 0 aliphatic heterocycles. The third-order valence-corrected chi connectivity index (χ3v) is 5.56. The molecule has 3 N–H and O–H groups in total. The Labute approximate surface area is 140 Å². The summed E-state index contributed by atoms with van der Waals surface area (Å²) >= 11 is 11.5. The van der Waals surface area contributed by atoms with E-state index in [0.29, 0.717) is 11.6 Å². The van der Waals surface area contributed by atoms with Gasteiger partial charge < -0.3 is 11.1 Å². The highest BCUT2D eigenvalue weighted by molar-refractivity contribution is 9.10. The fraction of sp³-hybridized carbons (Fsp3) is 0.133. The van der Waals surface area contributed by atoms with Gasteiger partial charge in [0.25, 0.3) is 0 Å². The first-order valence-corrected chi connectivity index (χ1v) is 8.48. The zero-order valence-electron chi connectivity index (χ0n) is 11.0. The molecule has 21 heavy (non-hydrogen) atoms. The number of anilines is 1. The normalized spacial score (nSPS) is 12.5. The summed E-state index contributed by atoms with van der Waals surface area (Å²) in [5.74, 6) is 0. The van der Waals surface area contributed by atoms with Crippen LogP contribution in [0.4, 0.5) is 5.69 Å². The maximum Gasteiger partial charge on any atom is 0.0948 e. The highest BCUT2D eigenvalue weighted by Crippen LogP contribution is 2.34. The number of hydrogen-bond donors (Lipinski definition) is 2. The summed E-state index contributed by atoms with van der Waals surface area (Å²) in [5, 5.41) is 7.15. The van der Waals surface area contributed by atoms with Gasteiger partial charge in [-0.3, -0.25) is 4.98 Å². The van der Waals surface area contributed by atoms with Gasteiger partial charge in [0.15, 0.2) is 0 Å². The van der Waals surface area contributed by atoms with Crippen molar-refractivity contribution in [1.82, 2.24) is 4.98 Å². The fourth-order valence-corrected chi connectivity index (χ4v) is 4.16. The van der Waals surface area contributed by atoms with Crippen LogP contribution in [0, 0.1) is 0 Å². The minimum absolute atomic E-state index is 0.0331. The van der Waals surface area contributed by atoms with Crippen molar-refractivity contribution in [3.8, 4) is 0 Å². The van der Waals surface area contributed by atoms with Gasteiger partial charge in [-0.2, -0.15) is 0 Å². The number of rotatable bonds is 4. The zero-order valence-corrected chi connectivity index (χ0v) is 14.2. The molecule has 0 aliphatic rings. The number of nitrogens with zero attached hydrogens (tertiary/aromatic N) is 1. The van der Waals surface area contributed by atoms with E-state index >= 15 is 0 Å². The molecule has 1 aromatic carbocycles. The number of benzene rings is 1. The lowest BCUT2D eigenvalue weighted by Gasteiger charge is -2.19. The standard InChI is InChI=1S/C15H13BrClN3S/c16-10-5-7-21-15(10)13(8-18)20-12-4-3-11(17)9-2-1-6-19-14(9)12/h1-7,13,20H,8,18H2. The molecule has 1 atom stereocenters. The van der Waals surface area contributed by atoms with Crippen LogP contribution in [0.1, 0.15) is 10.9 Å². The SMILES string of the molecule is NCC(Nc1ccc(Cl)c2cccnc12)c1sccc1Br. The van der Waals surface area contributed by atoms with Crippen molar-refractivity contribution in [2.45, 2.75) is 6.04 Å². The molecular weight excluding hydrogens is 370 g/mol. The van der Waals surface area contributed by atoms with Crippen molar-refractivity contribution < 1.29 is 0 Å². The van der Waals surface area contributed by atoms with Crippen molar-refractivity contribution in [1.29, 1.82) is 0 Å². The van der Waals surface area contributed by atoms with E-state index in [1.54, 1.807) is 17.5 Å². The second-order valence-corrected chi connectivity index (χ2v) is 6.77. The predicted molar refractivity (Wildman–Crippen MR) is 94.2 cm³/mol. The van der Waals surface area contributed by atoms with E-state index in [2.05, 4.69) is 26.2 Å². The molecular formula is C15H13BrClN3S. The maximum atomic E-state index is 6.23. The summed E-state index contributed by atoms with van der Waals surface area (Å²) in [6, 6.07) is 9.74. The van der Waals surface area contributed by atoms with Crippen molar-refractivity contribution in [2.75, 3.05) is 11.9 Å². The van der Waals surface area contributed by atoms with Crippen LogP contribution in [0.25, 0.3) is 10.9 Å². The highest BCUT2D eigenvalue weighted by Gasteiger charge is 2.16. The Hall–Kier alpha value is -1.14. The van der Waals surface area contributed by atoms with E-state index < -0.39 is 0 Å². The van der Waals surface area contributed by atoms with Crippen molar-refractivity contribution in [3.05, 3.63) is 56.3 Å². The van der Waals surface area contributed by atoms with Gasteiger partial charge in [-0.25, -0.2) is 0 Å². The first-order valence-electron chi connectivity index (χ1n) is 6.43. The zero-order chi connectivity index (χ0) is 14.8. The Kier molecular flexibility index (Phi) is 4.45. The Bertz CT molecular complexity index is 774. The number of nitrogens with one attached hydrogen (secondary N) is 1. The molecule has 0 radical (unpaired) electrons. The molecule has 3 nitrogen and oxygen atoms in total. The van der Waals surface area contributed by atoms with E-state index in [-0.39, 0.29) is 6.04 Å². The number of nitrogens with two attached hydrogens (primary N) is 1. The lowest BCUT2D eigenvalue weighted by atomic mass is 10.1. The Balaban J connectivity index is 2.01. The molecule has 0 aliphatic carbocycles. The molecule has 0 bridgehead atoms. The lowest BCUT2D eigenvalue weighted by molar-refractivity contribution is 0.803. The van der Waals surface area contributed by atoms with Crippen LogP contribution in [0.3, 0.4) is 0 Å². The molecule has 2 aromatic heterocycles. The second-order valence-electron chi connectivity index (χ2n) is 4.56. The van der Waals surface area contributed by atoms with Crippen molar-refractivity contribution in [3.63, 3.8) is 0 Å². The molecule has 0 fully saturated rings. The monoisotopic (exact) mass is 381 g/mol. The largest absolute Gasteiger partial charge is 0.374 e. The van der Waals surface area contributed by atoms with Crippen LogP contribution in [-0.2, 0) is 0 Å². The van der Waals surface area contributed by atoms with E-state index in [1.807, 2.05) is 35.7 Å². The number of fused-ring (bicyclic) bond motifs is 1. The van der Waals surface area contributed by atoms with Gasteiger partial charge in [0.1, 0.15) is 0 Å². The van der Waals surface area contributed by atoms with E-state index in [1.165, 1.54) is 4.88 Å². The maximum absolute atomic E-state index is 6.23. The highest BCUT2D eigenvalue weighted by atomic mass is 79.9. The van der Waals surface area contributed by atoms with Crippen LogP contribution in [0.5, 0.6) is 0 Å². The molecule has 6 heteroatoms. The van der Waals surface area contributed by atoms with E-state index in [9.17, 15) is 0 Å². The van der Waals surface area contributed by atoms with Crippen molar-refractivity contribution in [2.24, 2.45) is 5.73 Å². The first-order chi connectivity index (χ1) is 10.2. The van der Waals surface area contributed by atoms with Gasteiger partial charge in [0.05, 0.1) is 22.3 Å². The Morgan fingerprint density at radius 3 is 2.90 bits per heavy atom. The minimum Gasteiger partial charge on any atom is -0.374 e. The minimum atomic E-state index is 0.0331. The van der Waals surface area contributed by atoms with Gasteiger partial charge in [0, 0.05) is 27.5 Å². The number of aromatic nitrogens is 1. The van der Waals surface area contributed by atoms with Gasteiger partial charge in [-0.15, -0.1) is 11.3 Å². The molecule has 0 saturated carbocycles. The molecule has 1 unspecified atom stereocenters. The van der Waals surface area contributed by atoms with Crippen molar-refractivity contribution >= 4 is 55.5 Å². The van der Waals surface area contributed by atoms with Crippen LogP contribution in [0.15, 0.2) is 46.4 Å². The van der Waals surface area contributed by atoms with Crippen LogP contribution < -0.4 is 11.1 Å². The quantitative estimate of drug-likeness (QED) is 0.680. The summed E-state index contributed by atoms with van der Waals surface area (Å²) < 4.78 is 1.07. The number of thiophene rings is 1. The number of hydrogen-bond acceptors (Lipinski definition) is 4. The van der Waals surface area contributed by atoms with E-state index in [0.717, 1.165) is 21.1 Å². The summed E-state index contributed by atoms with van der Waals surface area (Å²) in [7, 11) is 0. The van der Waals surface area contributed by atoms with Gasteiger partial charge in [-0.1, -0.05) is 11.6 Å². The predicted octanol–water partition coefficient (Wildman–Crippen LogP) is 4.82. The summed E-state index contributed by atoms with van der Waals surface area (Å²) in [4.78, 5) is 5.61. The second kappa shape index (κ2) is 6.32. The molecule has 0 spiro atoms. The Morgan fingerprint density at radius 2 is 2.19 bits per heavy atom.